The summed E-state index contributed by atoms with van der Waals surface area (Å²) in [5.41, 5.74) is 7.29. The minimum atomic E-state index is 0.0512. The number of fused-ring (bicyclic) bond motifs is 1. The molecule has 7 heteroatoms. The fourth-order valence-corrected chi connectivity index (χ4v) is 4.27. The number of amidine groups is 1. The van der Waals surface area contributed by atoms with Gasteiger partial charge in [-0.05, 0) is 30.3 Å². The van der Waals surface area contributed by atoms with Gasteiger partial charge in [-0.1, -0.05) is 40.7 Å². The molecule has 0 fully saturated rings. The largest absolute Gasteiger partial charge is 0.409 e. The van der Waals surface area contributed by atoms with Gasteiger partial charge in [-0.15, -0.1) is 11.3 Å². The van der Waals surface area contributed by atoms with Gasteiger partial charge in [0.1, 0.15) is 0 Å². The van der Waals surface area contributed by atoms with Crippen LogP contribution < -0.4 is 5.73 Å². The van der Waals surface area contributed by atoms with E-state index in [1.165, 1.54) is 11.8 Å². The predicted octanol–water partition coefficient (Wildman–Crippen LogP) is 4.20. The van der Waals surface area contributed by atoms with Crippen molar-refractivity contribution in [2.75, 3.05) is 0 Å². The maximum Gasteiger partial charge on any atom is 0.171 e. The predicted molar refractivity (Wildman–Crippen MR) is 87.7 cm³/mol. The molecule has 1 heterocycles. The Bertz CT molecular complexity index is 799. The van der Waals surface area contributed by atoms with Crippen LogP contribution in [0.25, 0.3) is 10.2 Å². The summed E-state index contributed by atoms with van der Waals surface area (Å²) in [6.07, 6.45) is 0. The zero-order valence-electron chi connectivity index (χ0n) is 10.7. The van der Waals surface area contributed by atoms with Crippen LogP contribution in [0, 0.1) is 0 Å². The molecule has 106 valence electrons. The quantitative estimate of drug-likeness (QED) is 0.326. The Morgan fingerprint density at radius 2 is 2.10 bits per heavy atom. The van der Waals surface area contributed by atoms with Crippen LogP contribution in [-0.4, -0.2) is 16.0 Å². The average Bonchev–Trinajstić information content (AvgIpc) is 2.89. The normalized spacial score (nSPS) is 12.0. The molecule has 0 atom stereocenters. The third-order valence-electron chi connectivity index (χ3n) is 2.80. The van der Waals surface area contributed by atoms with Gasteiger partial charge in [0.2, 0.25) is 0 Å². The maximum absolute atomic E-state index is 8.87. The first-order chi connectivity index (χ1) is 10.2. The lowest BCUT2D eigenvalue weighted by Gasteiger charge is -2.06. The monoisotopic (exact) mass is 335 g/mol. The minimum absolute atomic E-state index is 0.0512. The molecule has 21 heavy (non-hydrogen) atoms. The molecule has 0 unspecified atom stereocenters. The Morgan fingerprint density at radius 1 is 1.29 bits per heavy atom. The summed E-state index contributed by atoms with van der Waals surface area (Å²) < 4.78 is 2.00. The van der Waals surface area contributed by atoms with Gasteiger partial charge in [0.05, 0.1) is 10.2 Å². The summed E-state index contributed by atoms with van der Waals surface area (Å²) in [5.74, 6) is 0.0512. The van der Waals surface area contributed by atoms with Gasteiger partial charge in [-0.25, -0.2) is 4.98 Å². The van der Waals surface area contributed by atoms with Crippen LogP contribution in [-0.2, 0) is 0 Å². The van der Waals surface area contributed by atoms with E-state index in [2.05, 4.69) is 10.1 Å². The molecular formula is C14H10ClN3OS2. The van der Waals surface area contributed by atoms with Crippen molar-refractivity contribution in [1.82, 2.24) is 4.98 Å². The van der Waals surface area contributed by atoms with Crippen molar-refractivity contribution in [2.24, 2.45) is 10.9 Å². The summed E-state index contributed by atoms with van der Waals surface area (Å²) in [6, 6.07) is 13.2. The van der Waals surface area contributed by atoms with Crippen molar-refractivity contribution >= 4 is 50.8 Å². The maximum atomic E-state index is 8.87. The first-order valence-corrected chi connectivity index (χ1v) is 7.99. The van der Waals surface area contributed by atoms with Crippen LogP contribution in [0.4, 0.5) is 0 Å². The topological polar surface area (TPSA) is 71.5 Å². The summed E-state index contributed by atoms with van der Waals surface area (Å²) in [6.45, 7) is 0. The van der Waals surface area contributed by atoms with Crippen molar-refractivity contribution in [3.05, 3.63) is 53.1 Å². The van der Waals surface area contributed by atoms with Crippen molar-refractivity contribution in [1.29, 1.82) is 0 Å². The second-order valence-corrected chi connectivity index (χ2v) is 6.93. The van der Waals surface area contributed by atoms with Crippen molar-refractivity contribution in [3.63, 3.8) is 0 Å². The van der Waals surface area contributed by atoms with E-state index >= 15 is 0 Å². The second kappa shape index (κ2) is 5.93. The van der Waals surface area contributed by atoms with Crippen LogP contribution >= 0.6 is 34.7 Å². The number of halogens is 1. The van der Waals surface area contributed by atoms with Gasteiger partial charge in [0.25, 0.3) is 0 Å². The molecule has 0 aliphatic carbocycles. The van der Waals surface area contributed by atoms with Crippen molar-refractivity contribution in [2.45, 2.75) is 9.24 Å². The summed E-state index contributed by atoms with van der Waals surface area (Å²) in [4.78, 5) is 5.36. The molecule has 0 aliphatic rings. The highest BCUT2D eigenvalue weighted by molar-refractivity contribution is 8.01. The van der Waals surface area contributed by atoms with Gasteiger partial charge < -0.3 is 10.9 Å². The highest BCUT2D eigenvalue weighted by Crippen LogP contribution is 2.36. The number of aromatic nitrogens is 1. The van der Waals surface area contributed by atoms with E-state index in [-0.39, 0.29) is 5.84 Å². The van der Waals surface area contributed by atoms with Crippen LogP contribution in [0.1, 0.15) is 5.56 Å². The molecule has 0 radical (unpaired) electrons. The third-order valence-corrected chi connectivity index (χ3v) is 5.19. The van der Waals surface area contributed by atoms with E-state index < -0.39 is 0 Å². The molecule has 0 spiro atoms. The lowest BCUT2D eigenvalue weighted by atomic mass is 10.2. The molecule has 1 aromatic heterocycles. The van der Waals surface area contributed by atoms with E-state index in [9.17, 15) is 0 Å². The van der Waals surface area contributed by atoms with E-state index in [0.29, 0.717) is 10.6 Å². The molecule has 0 amide bonds. The van der Waals surface area contributed by atoms with Crippen LogP contribution in [0.3, 0.4) is 0 Å². The fraction of sp³-hybridized carbons (Fsp3) is 0. The van der Waals surface area contributed by atoms with Crippen LogP contribution in [0.2, 0.25) is 5.02 Å². The molecule has 0 saturated heterocycles. The zero-order chi connectivity index (χ0) is 14.8. The van der Waals surface area contributed by atoms with Gasteiger partial charge >= 0.3 is 0 Å². The molecule has 0 aliphatic heterocycles. The number of oxime groups is 1. The standard InChI is InChI=1S/C14H10ClN3OS2/c15-8-5-6-9(13(16)18-19)12(7-8)21-14-17-10-3-1-2-4-11(10)20-14/h1-7,19H,(H2,16,18). The van der Waals surface area contributed by atoms with Gasteiger partial charge in [-0.3, -0.25) is 0 Å². The van der Waals surface area contributed by atoms with E-state index in [4.69, 9.17) is 22.5 Å². The van der Waals surface area contributed by atoms with Crippen molar-refractivity contribution < 1.29 is 5.21 Å². The molecule has 3 N–H and O–H groups in total. The highest BCUT2D eigenvalue weighted by atomic mass is 35.5. The number of nitrogens with zero attached hydrogens (tertiary/aromatic N) is 2. The summed E-state index contributed by atoms with van der Waals surface area (Å²) in [5, 5.41) is 12.5. The third kappa shape index (κ3) is 2.97. The average molecular weight is 336 g/mol. The number of rotatable bonds is 3. The Balaban J connectivity index is 2.02. The molecule has 2 aromatic carbocycles. The first kappa shape index (κ1) is 14.2. The zero-order valence-corrected chi connectivity index (χ0v) is 13.0. The molecule has 0 saturated carbocycles. The Kier molecular flexibility index (Phi) is 4.01. The Hall–Kier alpha value is -1.76. The SMILES string of the molecule is NC(=NO)c1ccc(Cl)cc1Sc1nc2ccccc2s1. The smallest absolute Gasteiger partial charge is 0.171 e. The van der Waals surface area contributed by atoms with Crippen molar-refractivity contribution in [3.8, 4) is 0 Å². The van der Waals surface area contributed by atoms with E-state index in [0.717, 1.165) is 19.5 Å². The number of para-hydroxylation sites is 1. The molecule has 3 rings (SSSR count). The lowest BCUT2D eigenvalue weighted by Crippen LogP contribution is -2.14. The van der Waals surface area contributed by atoms with Crippen LogP contribution in [0.5, 0.6) is 0 Å². The van der Waals surface area contributed by atoms with E-state index in [1.54, 1.807) is 29.5 Å². The van der Waals surface area contributed by atoms with Crippen LogP contribution in [0.15, 0.2) is 56.9 Å². The number of thiazole rings is 1. The number of nitrogens with two attached hydrogens (primary N) is 1. The molecule has 0 bridgehead atoms. The minimum Gasteiger partial charge on any atom is -0.409 e. The summed E-state index contributed by atoms with van der Waals surface area (Å²) in [7, 11) is 0. The lowest BCUT2D eigenvalue weighted by molar-refractivity contribution is 0.318. The second-order valence-electron chi connectivity index (χ2n) is 4.18. The molecular weight excluding hydrogens is 326 g/mol. The van der Waals surface area contributed by atoms with Gasteiger partial charge in [-0.2, -0.15) is 0 Å². The highest BCUT2D eigenvalue weighted by Gasteiger charge is 2.12. The Labute approximate surface area is 134 Å². The number of benzene rings is 2. The first-order valence-electron chi connectivity index (χ1n) is 5.98. The fourth-order valence-electron chi connectivity index (χ4n) is 1.83. The van der Waals surface area contributed by atoms with Gasteiger partial charge in [0, 0.05) is 15.5 Å². The van der Waals surface area contributed by atoms with Gasteiger partial charge in [0.15, 0.2) is 10.2 Å². The molecule has 3 aromatic rings. The molecule has 4 nitrogen and oxygen atoms in total. The number of hydrogen-bond donors (Lipinski definition) is 2. The summed E-state index contributed by atoms with van der Waals surface area (Å²) >= 11 is 9.08. The van der Waals surface area contributed by atoms with E-state index in [1.807, 2.05) is 24.3 Å². The number of hydrogen-bond acceptors (Lipinski definition) is 5. The Morgan fingerprint density at radius 3 is 2.86 bits per heavy atom.